The van der Waals surface area contributed by atoms with Gasteiger partial charge in [0.1, 0.15) is 0 Å². The molecular formula is C12H26N2. The molecule has 1 rings (SSSR count). The van der Waals surface area contributed by atoms with E-state index in [4.69, 9.17) is 0 Å². The third kappa shape index (κ3) is 3.58. The first-order chi connectivity index (χ1) is 6.41. The summed E-state index contributed by atoms with van der Waals surface area (Å²) in [6, 6.07) is 0.733. The largest absolute Gasteiger partial charge is 0.309 e. The van der Waals surface area contributed by atoms with Crippen molar-refractivity contribution in [1.82, 2.24) is 10.2 Å². The van der Waals surface area contributed by atoms with Crippen LogP contribution in [0.25, 0.3) is 0 Å². The van der Waals surface area contributed by atoms with Crippen molar-refractivity contribution < 1.29 is 0 Å². The molecule has 14 heavy (non-hydrogen) atoms. The van der Waals surface area contributed by atoms with Gasteiger partial charge in [0.15, 0.2) is 0 Å². The average Bonchev–Trinajstić information content (AvgIpc) is 2.01. The topological polar surface area (TPSA) is 15.3 Å². The molecule has 1 saturated heterocycles. The lowest BCUT2D eigenvalue weighted by molar-refractivity contribution is 0.106. The maximum Gasteiger partial charge on any atom is 0.0252 e. The number of nitrogens with one attached hydrogen (secondary N) is 1. The molecule has 0 aliphatic carbocycles. The van der Waals surface area contributed by atoms with E-state index in [2.05, 4.69) is 44.8 Å². The van der Waals surface area contributed by atoms with Gasteiger partial charge in [0.05, 0.1) is 0 Å². The Hall–Kier alpha value is -0.0800. The van der Waals surface area contributed by atoms with Crippen LogP contribution in [0.2, 0.25) is 0 Å². The van der Waals surface area contributed by atoms with Gasteiger partial charge in [-0.05, 0) is 33.1 Å². The van der Waals surface area contributed by atoms with Crippen molar-refractivity contribution >= 4 is 0 Å². The van der Waals surface area contributed by atoms with Crippen molar-refractivity contribution in [2.45, 2.75) is 52.6 Å². The zero-order chi connectivity index (χ0) is 10.8. The van der Waals surface area contributed by atoms with E-state index >= 15 is 0 Å². The zero-order valence-electron chi connectivity index (χ0n) is 10.4. The molecule has 0 saturated carbocycles. The Labute approximate surface area is 89.1 Å². The van der Waals surface area contributed by atoms with Crippen LogP contribution in [0.1, 0.15) is 41.0 Å². The third-order valence-electron chi connectivity index (χ3n) is 3.04. The van der Waals surface area contributed by atoms with Crippen LogP contribution in [0, 0.1) is 5.92 Å². The molecule has 1 unspecified atom stereocenters. The van der Waals surface area contributed by atoms with E-state index in [0.717, 1.165) is 18.5 Å². The highest BCUT2D eigenvalue weighted by Crippen LogP contribution is 2.17. The van der Waals surface area contributed by atoms with Crippen LogP contribution in [0.5, 0.6) is 0 Å². The molecule has 1 fully saturated rings. The normalized spacial score (nSPS) is 25.3. The second kappa shape index (κ2) is 4.63. The van der Waals surface area contributed by atoms with Gasteiger partial charge >= 0.3 is 0 Å². The summed E-state index contributed by atoms with van der Waals surface area (Å²) in [7, 11) is 0. The summed E-state index contributed by atoms with van der Waals surface area (Å²) in [4.78, 5) is 2.62. The first kappa shape index (κ1) is 12.0. The van der Waals surface area contributed by atoms with Crippen LogP contribution >= 0.6 is 0 Å². The van der Waals surface area contributed by atoms with Gasteiger partial charge in [0.25, 0.3) is 0 Å². The number of nitrogens with zero attached hydrogens (tertiary/aromatic N) is 1. The lowest BCUT2D eigenvalue weighted by Crippen LogP contribution is -2.59. The Morgan fingerprint density at radius 1 is 1.29 bits per heavy atom. The van der Waals surface area contributed by atoms with Crippen molar-refractivity contribution in [3.63, 3.8) is 0 Å². The maximum atomic E-state index is 3.55. The molecule has 0 spiro atoms. The minimum absolute atomic E-state index is 0.295. The highest BCUT2D eigenvalue weighted by molar-refractivity contribution is 4.88. The first-order valence-corrected chi connectivity index (χ1v) is 5.90. The molecule has 0 bridgehead atoms. The number of hydrogen-bond donors (Lipinski definition) is 1. The quantitative estimate of drug-likeness (QED) is 0.747. The highest BCUT2D eigenvalue weighted by atomic mass is 15.2. The third-order valence-corrected chi connectivity index (χ3v) is 3.04. The summed E-state index contributed by atoms with van der Waals surface area (Å²) in [5.74, 6) is 0.808. The molecule has 1 heterocycles. The first-order valence-electron chi connectivity index (χ1n) is 5.90. The van der Waals surface area contributed by atoms with Crippen LogP contribution in [-0.4, -0.2) is 36.1 Å². The zero-order valence-corrected chi connectivity index (χ0v) is 10.4. The van der Waals surface area contributed by atoms with Crippen molar-refractivity contribution in [3.05, 3.63) is 0 Å². The Balaban J connectivity index is 2.43. The fourth-order valence-electron chi connectivity index (χ4n) is 2.39. The molecule has 0 aromatic carbocycles. The van der Waals surface area contributed by atoms with Crippen LogP contribution in [0.4, 0.5) is 0 Å². The van der Waals surface area contributed by atoms with E-state index in [1.165, 1.54) is 19.5 Å². The van der Waals surface area contributed by atoms with E-state index in [0.29, 0.717) is 5.54 Å². The van der Waals surface area contributed by atoms with Crippen molar-refractivity contribution in [3.8, 4) is 0 Å². The van der Waals surface area contributed by atoms with Gasteiger partial charge in [0.2, 0.25) is 0 Å². The fraction of sp³-hybridized carbons (Fsp3) is 1.00. The van der Waals surface area contributed by atoms with E-state index in [9.17, 15) is 0 Å². The summed E-state index contributed by atoms with van der Waals surface area (Å²) in [5.41, 5.74) is 0.295. The summed E-state index contributed by atoms with van der Waals surface area (Å²) in [6.07, 6.45) is 1.32. The van der Waals surface area contributed by atoms with Gasteiger partial charge in [-0.25, -0.2) is 0 Å². The number of rotatable bonds is 3. The molecule has 0 amide bonds. The fourth-order valence-corrected chi connectivity index (χ4v) is 2.39. The number of hydrogen-bond acceptors (Lipinski definition) is 2. The monoisotopic (exact) mass is 198 g/mol. The lowest BCUT2D eigenvalue weighted by Gasteiger charge is -2.42. The Kier molecular flexibility index (Phi) is 3.96. The van der Waals surface area contributed by atoms with Crippen LogP contribution in [-0.2, 0) is 0 Å². The molecule has 84 valence electrons. The average molecular weight is 198 g/mol. The van der Waals surface area contributed by atoms with E-state index in [1.807, 2.05) is 0 Å². The summed E-state index contributed by atoms with van der Waals surface area (Å²) in [6.45, 7) is 15.1. The second-order valence-electron chi connectivity index (χ2n) is 5.76. The minimum Gasteiger partial charge on any atom is -0.309 e. The van der Waals surface area contributed by atoms with Gasteiger partial charge in [0, 0.05) is 31.2 Å². The van der Waals surface area contributed by atoms with E-state index < -0.39 is 0 Å². The molecule has 1 aliphatic rings. The van der Waals surface area contributed by atoms with Crippen LogP contribution in [0.3, 0.4) is 0 Å². The number of piperazine rings is 1. The molecule has 2 heteroatoms. The molecule has 1 aliphatic heterocycles. The standard InChI is InChI=1S/C12H26N2/c1-10(2)8-11(3)14-7-6-13-12(4,5)9-14/h10-11,13H,6-9H2,1-5H3. The van der Waals surface area contributed by atoms with Crippen molar-refractivity contribution in [2.75, 3.05) is 19.6 Å². The van der Waals surface area contributed by atoms with Gasteiger partial charge in [-0.2, -0.15) is 0 Å². The Morgan fingerprint density at radius 2 is 1.93 bits per heavy atom. The van der Waals surface area contributed by atoms with Crippen molar-refractivity contribution in [1.29, 1.82) is 0 Å². The Morgan fingerprint density at radius 3 is 2.43 bits per heavy atom. The van der Waals surface area contributed by atoms with E-state index in [1.54, 1.807) is 0 Å². The van der Waals surface area contributed by atoms with Crippen LogP contribution in [0.15, 0.2) is 0 Å². The summed E-state index contributed by atoms with van der Waals surface area (Å²) < 4.78 is 0. The maximum absolute atomic E-state index is 3.55. The molecule has 2 nitrogen and oxygen atoms in total. The second-order valence-corrected chi connectivity index (χ2v) is 5.76. The molecule has 1 N–H and O–H groups in total. The van der Waals surface area contributed by atoms with Gasteiger partial charge < -0.3 is 5.32 Å². The molecular weight excluding hydrogens is 172 g/mol. The Bertz CT molecular complexity index is 175. The molecule has 0 aromatic heterocycles. The van der Waals surface area contributed by atoms with E-state index in [-0.39, 0.29) is 0 Å². The van der Waals surface area contributed by atoms with Crippen molar-refractivity contribution in [2.24, 2.45) is 5.92 Å². The highest BCUT2D eigenvalue weighted by Gasteiger charge is 2.28. The smallest absolute Gasteiger partial charge is 0.0252 e. The molecule has 0 aromatic rings. The van der Waals surface area contributed by atoms with Crippen LogP contribution < -0.4 is 5.32 Å². The minimum atomic E-state index is 0.295. The van der Waals surface area contributed by atoms with Gasteiger partial charge in [-0.1, -0.05) is 13.8 Å². The SMILES string of the molecule is CC(C)CC(C)N1CCNC(C)(C)C1. The summed E-state index contributed by atoms with van der Waals surface area (Å²) in [5, 5.41) is 3.55. The molecule has 1 atom stereocenters. The summed E-state index contributed by atoms with van der Waals surface area (Å²) >= 11 is 0. The predicted molar refractivity (Wildman–Crippen MR) is 62.6 cm³/mol. The lowest BCUT2D eigenvalue weighted by atomic mass is 9.98. The van der Waals surface area contributed by atoms with Gasteiger partial charge in [-0.15, -0.1) is 0 Å². The van der Waals surface area contributed by atoms with Gasteiger partial charge in [-0.3, -0.25) is 4.90 Å². The predicted octanol–water partition coefficient (Wildman–Crippen LogP) is 2.10. The molecule has 0 radical (unpaired) electrons.